The monoisotopic (exact) mass is 666 g/mol. The number of carbonyl (C=O) groups is 5. The minimum atomic E-state index is -0.839. The lowest BCUT2D eigenvalue weighted by Crippen LogP contribution is -2.52. The Morgan fingerprint density at radius 1 is 0.787 bits per heavy atom. The lowest BCUT2D eigenvalue weighted by molar-refractivity contribution is -0.128. The van der Waals surface area contributed by atoms with E-state index in [0.29, 0.717) is 24.0 Å². The van der Waals surface area contributed by atoms with Crippen molar-refractivity contribution in [3.8, 4) is 5.75 Å². The Labute approximate surface area is 278 Å². The highest BCUT2D eigenvalue weighted by Gasteiger charge is 2.33. The van der Waals surface area contributed by atoms with Gasteiger partial charge < -0.3 is 28.9 Å². The van der Waals surface area contributed by atoms with Crippen LogP contribution in [0, 0.1) is 5.92 Å². The zero-order valence-corrected chi connectivity index (χ0v) is 27.6. The van der Waals surface area contributed by atoms with E-state index in [-0.39, 0.29) is 73.1 Å². The number of rotatable bonds is 8. The third-order valence-corrected chi connectivity index (χ3v) is 8.94. The number of likely N-dealkylation sites (tertiary alicyclic amines) is 1. The fraction of sp³-hybridized carbons (Fsp3) is 0.441. The number of piperidine rings is 1. The molecule has 3 amide bonds. The van der Waals surface area contributed by atoms with Crippen LogP contribution in [0.2, 0.25) is 5.02 Å². The van der Waals surface area contributed by atoms with Crippen LogP contribution in [-0.2, 0) is 20.7 Å². The van der Waals surface area contributed by atoms with Gasteiger partial charge in [-0.1, -0.05) is 23.7 Å². The van der Waals surface area contributed by atoms with E-state index in [1.165, 1.54) is 40.8 Å². The van der Waals surface area contributed by atoms with Crippen molar-refractivity contribution in [1.29, 1.82) is 0 Å². The Kier molecular flexibility index (Phi) is 10.7. The SMILES string of the molecule is CCOC(=O)N1CCN(C(=O)C(=O)c2cn(C(=O)OCC)c3cc(OC)c(C(=O)N4CCC(Cc5ccc(Cl)cc5)CC4)cc23)CC1. The van der Waals surface area contributed by atoms with E-state index >= 15 is 0 Å². The van der Waals surface area contributed by atoms with Gasteiger partial charge in [0.25, 0.3) is 17.6 Å². The van der Waals surface area contributed by atoms with Gasteiger partial charge in [-0.25, -0.2) is 9.59 Å². The summed E-state index contributed by atoms with van der Waals surface area (Å²) in [4.78, 5) is 70.7. The number of Topliss-reactive ketones (excluding diaryl/α,β-unsaturated/α-hetero) is 1. The second kappa shape index (κ2) is 14.9. The zero-order valence-electron chi connectivity index (χ0n) is 26.8. The smallest absolute Gasteiger partial charge is 0.418 e. The number of hydrogen-bond acceptors (Lipinski definition) is 8. The molecule has 0 aliphatic carbocycles. The number of aromatic nitrogens is 1. The van der Waals surface area contributed by atoms with Crippen LogP contribution in [0.15, 0.2) is 42.6 Å². The molecule has 250 valence electrons. The van der Waals surface area contributed by atoms with E-state index in [2.05, 4.69) is 0 Å². The molecule has 0 unspecified atom stereocenters. The first-order valence-electron chi connectivity index (χ1n) is 15.8. The number of piperazine rings is 1. The Bertz CT molecular complexity index is 1650. The van der Waals surface area contributed by atoms with Crippen LogP contribution in [-0.4, -0.2) is 109 Å². The molecule has 0 N–H and O–H groups in total. The van der Waals surface area contributed by atoms with Gasteiger partial charge in [-0.15, -0.1) is 0 Å². The van der Waals surface area contributed by atoms with E-state index in [1.54, 1.807) is 18.7 Å². The first-order chi connectivity index (χ1) is 22.6. The Morgan fingerprint density at radius 2 is 1.40 bits per heavy atom. The molecule has 0 atom stereocenters. The molecule has 0 bridgehead atoms. The minimum Gasteiger partial charge on any atom is -0.496 e. The van der Waals surface area contributed by atoms with Gasteiger partial charge in [-0.05, 0) is 62.8 Å². The summed E-state index contributed by atoms with van der Waals surface area (Å²) in [5.74, 6) is -1.23. The minimum absolute atomic E-state index is 0.0377. The highest BCUT2D eigenvalue weighted by molar-refractivity contribution is 6.45. The fourth-order valence-corrected chi connectivity index (χ4v) is 6.27. The number of nitrogens with zero attached hydrogens (tertiary/aromatic N) is 4. The topological polar surface area (TPSA) is 128 Å². The predicted octanol–water partition coefficient (Wildman–Crippen LogP) is 4.89. The van der Waals surface area contributed by atoms with Gasteiger partial charge in [0.05, 0.1) is 37.0 Å². The summed E-state index contributed by atoms with van der Waals surface area (Å²) < 4.78 is 17.0. The van der Waals surface area contributed by atoms with Gasteiger partial charge in [0.1, 0.15) is 5.75 Å². The number of carbonyl (C=O) groups excluding carboxylic acids is 5. The molecule has 3 aromatic rings. The third kappa shape index (κ3) is 7.38. The van der Waals surface area contributed by atoms with Gasteiger partial charge in [-0.2, -0.15) is 0 Å². The number of ketones is 1. The molecule has 2 fully saturated rings. The van der Waals surface area contributed by atoms with Gasteiger partial charge >= 0.3 is 12.2 Å². The highest BCUT2D eigenvalue weighted by Crippen LogP contribution is 2.33. The average molecular weight is 667 g/mol. The number of benzene rings is 2. The molecule has 0 saturated carbocycles. The van der Waals surface area contributed by atoms with Crippen molar-refractivity contribution >= 4 is 52.3 Å². The van der Waals surface area contributed by atoms with E-state index in [9.17, 15) is 24.0 Å². The molecule has 13 heteroatoms. The van der Waals surface area contributed by atoms with Crippen LogP contribution in [0.3, 0.4) is 0 Å². The molecule has 2 aliphatic heterocycles. The van der Waals surface area contributed by atoms with Crippen LogP contribution in [0.5, 0.6) is 5.75 Å². The number of methoxy groups -OCH3 is 1. The molecule has 2 aromatic carbocycles. The summed E-state index contributed by atoms with van der Waals surface area (Å²) in [6, 6.07) is 10.8. The van der Waals surface area contributed by atoms with Gasteiger partial charge in [0.15, 0.2) is 0 Å². The molecule has 3 heterocycles. The number of ether oxygens (including phenoxy) is 3. The second-order valence-corrected chi connectivity index (χ2v) is 12.0. The molecular formula is C34H39ClN4O8. The molecule has 0 spiro atoms. The van der Waals surface area contributed by atoms with E-state index in [0.717, 1.165) is 23.8 Å². The Morgan fingerprint density at radius 3 is 2.02 bits per heavy atom. The van der Waals surface area contributed by atoms with Crippen LogP contribution in [0.1, 0.15) is 53.0 Å². The first-order valence-corrected chi connectivity index (χ1v) is 16.2. The lowest BCUT2D eigenvalue weighted by Gasteiger charge is -2.33. The van der Waals surface area contributed by atoms with Crippen molar-refractivity contribution in [2.24, 2.45) is 5.92 Å². The van der Waals surface area contributed by atoms with Crippen LogP contribution in [0.25, 0.3) is 10.9 Å². The van der Waals surface area contributed by atoms with Crippen LogP contribution < -0.4 is 4.74 Å². The molecular weight excluding hydrogens is 628 g/mol. The van der Waals surface area contributed by atoms with Gasteiger partial charge in [0.2, 0.25) is 0 Å². The zero-order chi connectivity index (χ0) is 33.7. The Balaban J connectivity index is 1.39. The molecule has 2 saturated heterocycles. The number of amides is 3. The van der Waals surface area contributed by atoms with Gasteiger partial charge in [-0.3, -0.25) is 19.0 Å². The second-order valence-electron chi connectivity index (χ2n) is 11.6. The molecule has 1 aromatic heterocycles. The quantitative estimate of drug-likeness (QED) is 0.246. The fourth-order valence-electron chi connectivity index (χ4n) is 6.14. The third-order valence-electron chi connectivity index (χ3n) is 8.69. The van der Waals surface area contributed by atoms with Crippen LogP contribution >= 0.6 is 11.6 Å². The molecule has 12 nitrogen and oxygen atoms in total. The summed E-state index contributed by atoms with van der Waals surface area (Å²) >= 11 is 6.03. The average Bonchev–Trinajstić information content (AvgIpc) is 3.47. The largest absolute Gasteiger partial charge is 0.496 e. The Hall–Kier alpha value is -4.58. The maximum Gasteiger partial charge on any atom is 0.418 e. The van der Waals surface area contributed by atoms with E-state index in [1.807, 2.05) is 24.3 Å². The highest BCUT2D eigenvalue weighted by atomic mass is 35.5. The molecule has 47 heavy (non-hydrogen) atoms. The van der Waals surface area contributed by atoms with Crippen molar-refractivity contribution in [2.45, 2.75) is 33.1 Å². The van der Waals surface area contributed by atoms with Crippen LogP contribution in [0.4, 0.5) is 9.59 Å². The van der Waals surface area contributed by atoms with Crippen molar-refractivity contribution in [3.63, 3.8) is 0 Å². The normalized spacial score (nSPS) is 15.4. The number of halogens is 1. The summed E-state index contributed by atoms with van der Waals surface area (Å²) in [7, 11) is 1.43. The summed E-state index contributed by atoms with van der Waals surface area (Å²) in [6.07, 6.45) is 2.59. The van der Waals surface area contributed by atoms with Crippen molar-refractivity contribution in [1.82, 2.24) is 19.3 Å². The van der Waals surface area contributed by atoms with Crippen molar-refractivity contribution in [2.75, 3.05) is 59.6 Å². The first kappa shape index (κ1) is 33.8. The summed E-state index contributed by atoms with van der Waals surface area (Å²) in [5, 5.41) is 0.948. The molecule has 0 radical (unpaired) electrons. The maximum absolute atomic E-state index is 13.9. The standard InChI is InChI=1S/C34H39ClN4O8/c1-4-46-33(43)38-16-14-37(15-17-38)32(42)30(40)27-21-39(34(44)47-5-2)28-20-29(45-3)26(19-25(27)28)31(41)36-12-10-23(11-13-36)18-22-6-8-24(35)9-7-22/h6-9,19-21,23H,4-5,10-18H2,1-3H3. The van der Waals surface area contributed by atoms with Gasteiger partial charge in [0, 0.05) is 61.9 Å². The molecule has 2 aliphatic rings. The predicted molar refractivity (Wildman–Crippen MR) is 174 cm³/mol. The van der Waals surface area contributed by atoms with E-state index in [4.69, 9.17) is 25.8 Å². The number of fused-ring (bicyclic) bond motifs is 1. The summed E-state index contributed by atoms with van der Waals surface area (Å²) in [6.45, 7) is 5.51. The van der Waals surface area contributed by atoms with Crippen molar-refractivity contribution < 1.29 is 38.2 Å². The van der Waals surface area contributed by atoms with Crippen molar-refractivity contribution in [3.05, 3.63) is 64.3 Å². The maximum atomic E-state index is 13.9. The summed E-state index contributed by atoms with van der Waals surface area (Å²) in [5.41, 5.74) is 1.65. The van der Waals surface area contributed by atoms with E-state index < -0.39 is 23.9 Å². The number of hydrogen-bond donors (Lipinski definition) is 0. The molecule has 5 rings (SSSR count). The lowest BCUT2D eigenvalue weighted by atomic mass is 9.90.